The van der Waals surface area contributed by atoms with Crippen molar-refractivity contribution in [2.45, 2.75) is 57.8 Å². The van der Waals surface area contributed by atoms with Gasteiger partial charge < -0.3 is 10.0 Å². The van der Waals surface area contributed by atoms with Crippen LogP contribution in [0.3, 0.4) is 0 Å². The highest BCUT2D eigenvalue weighted by atomic mass is 16.4. The molecule has 2 fully saturated rings. The van der Waals surface area contributed by atoms with Crippen LogP contribution in [0.1, 0.15) is 63.4 Å². The van der Waals surface area contributed by atoms with E-state index >= 15 is 0 Å². The normalized spacial score (nSPS) is 37.2. The highest BCUT2D eigenvalue weighted by Gasteiger charge is 2.55. The Morgan fingerprint density at radius 3 is 2.62 bits per heavy atom. The zero-order chi connectivity index (χ0) is 21.9. The van der Waals surface area contributed by atoms with Crippen molar-refractivity contribution in [3.05, 3.63) is 94.0 Å². The summed E-state index contributed by atoms with van der Waals surface area (Å²) < 4.78 is 0. The molecule has 32 heavy (non-hydrogen) atoms. The van der Waals surface area contributed by atoms with Crippen molar-refractivity contribution in [2.24, 2.45) is 23.2 Å². The Labute approximate surface area is 192 Å². The van der Waals surface area contributed by atoms with Gasteiger partial charge in [-0.05, 0) is 84.5 Å². The van der Waals surface area contributed by atoms with E-state index in [2.05, 4.69) is 67.6 Å². The van der Waals surface area contributed by atoms with Crippen LogP contribution in [0.4, 0.5) is 0 Å². The summed E-state index contributed by atoms with van der Waals surface area (Å²) in [4.78, 5) is 0. The Hall–Kier alpha value is -2.10. The number of benzene rings is 1. The van der Waals surface area contributed by atoms with Crippen LogP contribution in [0.2, 0.25) is 0 Å². The van der Waals surface area contributed by atoms with E-state index in [0.29, 0.717) is 23.2 Å². The van der Waals surface area contributed by atoms with Gasteiger partial charge in [0, 0.05) is 17.3 Å². The molecule has 0 aromatic heterocycles. The lowest BCUT2D eigenvalue weighted by Gasteiger charge is -2.46. The fourth-order valence-electron chi connectivity index (χ4n) is 7.39. The van der Waals surface area contributed by atoms with Crippen molar-refractivity contribution < 1.29 is 10.0 Å². The van der Waals surface area contributed by atoms with Crippen LogP contribution in [0, 0.1) is 23.2 Å². The fourth-order valence-corrected chi connectivity index (χ4v) is 7.39. The SMILES string of the molecule is CC1/C=C2\CCC(CC1)CC21C2=CCC(c3ccccc3)C=C2C2CC=C(B(O)O)C=C21. The van der Waals surface area contributed by atoms with E-state index in [1.54, 1.807) is 11.1 Å². The third-order valence-corrected chi connectivity index (χ3v) is 8.89. The topological polar surface area (TPSA) is 40.5 Å². The third kappa shape index (κ3) is 3.09. The Bertz CT molecular complexity index is 1070. The number of hydrogen-bond acceptors (Lipinski definition) is 2. The minimum absolute atomic E-state index is 0.0237. The molecule has 2 saturated carbocycles. The molecule has 7 rings (SSSR count). The minimum Gasteiger partial charge on any atom is -0.423 e. The lowest BCUT2D eigenvalue weighted by molar-refractivity contribution is 0.251. The highest BCUT2D eigenvalue weighted by molar-refractivity contribution is 6.51. The molecule has 0 heterocycles. The van der Waals surface area contributed by atoms with Crippen molar-refractivity contribution in [1.29, 1.82) is 0 Å². The molecule has 5 atom stereocenters. The van der Waals surface area contributed by atoms with Gasteiger partial charge in [0.15, 0.2) is 0 Å². The molecule has 6 aliphatic carbocycles. The molecule has 2 bridgehead atoms. The Morgan fingerprint density at radius 2 is 1.81 bits per heavy atom. The fraction of sp³-hybridized carbons (Fsp3) is 0.448. The summed E-state index contributed by atoms with van der Waals surface area (Å²) in [6.07, 6.45) is 20.2. The van der Waals surface area contributed by atoms with E-state index < -0.39 is 7.12 Å². The summed E-state index contributed by atoms with van der Waals surface area (Å²) >= 11 is 0. The Morgan fingerprint density at radius 1 is 0.969 bits per heavy atom. The van der Waals surface area contributed by atoms with Gasteiger partial charge in [0.2, 0.25) is 0 Å². The summed E-state index contributed by atoms with van der Waals surface area (Å²) in [5.74, 6) is 2.18. The van der Waals surface area contributed by atoms with Gasteiger partial charge in [-0.15, -0.1) is 0 Å². The predicted molar refractivity (Wildman–Crippen MR) is 131 cm³/mol. The van der Waals surface area contributed by atoms with Crippen LogP contribution in [0.5, 0.6) is 0 Å². The average molecular weight is 424 g/mol. The van der Waals surface area contributed by atoms with Crippen molar-refractivity contribution in [3.8, 4) is 0 Å². The maximum absolute atomic E-state index is 10.0. The molecule has 6 aliphatic rings. The molecular formula is C29H33BO2. The van der Waals surface area contributed by atoms with Crippen LogP contribution >= 0.6 is 0 Å². The smallest absolute Gasteiger partial charge is 0.423 e. The first-order valence-corrected chi connectivity index (χ1v) is 12.5. The van der Waals surface area contributed by atoms with Crippen LogP contribution in [0.15, 0.2) is 88.5 Å². The number of rotatable bonds is 2. The molecule has 3 heteroatoms. The zero-order valence-electron chi connectivity index (χ0n) is 19.0. The van der Waals surface area contributed by atoms with Gasteiger partial charge in [-0.1, -0.05) is 73.2 Å². The molecule has 2 N–H and O–H groups in total. The molecule has 164 valence electrons. The molecule has 0 aliphatic heterocycles. The van der Waals surface area contributed by atoms with Gasteiger partial charge in [0.05, 0.1) is 0 Å². The molecule has 0 amide bonds. The van der Waals surface area contributed by atoms with Crippen LogP contribution in [-0.4, -0.2) is 17.2 Å². The number of allylic oxidation sites excluding steroid dienone is 10. The predicted octanol–water partition coefficient (Wildman–Crippen LogP) is 6.07. The number of fused-ring (bicyclic) bond motifs is 7. The molecule has 0 radical (unpaired) electrons. The van der Waals surface area contributed by atoms with Gasteiger partial charge in [-0.3, -0.25) is 0 Å². The maximum atomic E-state index is 10.0. The van der Waals surface area contributed by atoms with E-state index in [1.807, 2.05) is 0 Å². The van der Waals surface area contributed by atoms with Gasteiger partial charge in [0.1, 0.15) is 0 Å². The lowest BCUT2D eigenvalue weighted by Crippen LogP contribution is -2.35. The molecule has 1 spiro atoms. The second kappa shape index (κ2) is 7.75. The van der Waals surface area contributed by atoms with Gasteiger partial charge in [-0.2, -0.15) is 0 Å². The van der Waals surface area contributed by atoms with Crippen molar-refractivity contribution >= 4 is 7.12 Å². The standard InChI is InChI=1S/C29H33BO2/c1-19-7-8-20-9-11-23(15-19)29(18-20)27-14-10-22(21-5-3-2-4-6-21)16-26(27)25-13-12-24(30(31)32)17-28(25)29/h2-6,12,14-17,19-20,22,25,31-32H,7-11,13,18H2,1H3/b23-15+. The second-order valence-corrected chi connectivity index (χ2v) is 10.7. The van der Waals surface area contributed by atoms with Crippen LogP contribution in [0.25, 0.3) is 0 Å². The molecule has 2 nitrogen and oxygen atoms in total. The third-order valence-electron chi connectivity index (χ3n) is 8.89. The summed E-state index contributed by atoms with van der Waals surface area (Å²) in [6.45, 7) is 2.38. The maximum Gasteiger partial charge on any atom is 0.488 e. The Balaban J connectivity index is 1.52. The van der Waals surface area contributed by atoms with Crippen molar-refractivity contribution in [3.63, 3.8) is 0 Å². The first-order valence-electron chi connectivity index (χ1n) is 12.5. The van der Waals surface area contributed by atoms with E-state index in [-0.39, 0.29) is 5.41 Å². The molecule has 1 aromatic carbocycles. The summed E-state index contributed by atoms with van der Waals surface area (Å²) in [5.41, 5.74) is 8.17. The van der Waals surface area contributed by atoms with Crippen molar-refractivity contribution in [2.75, 3.05) is 0 Å². The average Bonchev–Trinajstić information content (AvgIpc) is 3.07. The minimum atomic E-state index is -1.39. The first kappa shape index (κ1) is 20.5. The quantitative estimate of drug-likeness (QED) is 0.447. The molecule has 0 saturated heterocycles. The largest absolute Gasteiger partial charge is 0.488 e. The molecular weight excluding hydrogens is 391 g/mol. The second-order valence-electron chi connectivity index (χ2n) is 10.7. The highest BCUT2D eigenvalue weighted by Crippen LogP contribution is 2.67. The summed E-state index contributed by atoms with van der Waals surface area (Å²) in [7, 11) is -1.39. The zero-order valence-corrected chi connectivity index (χ0v) is 19.0. The molecule has 1 aromatic rings. The van der Waals surface area contributed by atoms with Gasteiger partial charge in [-0.25, -0.2) is 0 Å². The van der Waals surface area contributed by atoms with E-state index in [0.717, 1.165) is 18.8 Å². The monoisotopic (exact) mass is 424 g/mol. The molecule has 5 unspecified atom stereocenters. The van der Waals surface area contributed by atoms with Crippen molar-refractivity contribution in [1.82, 2.24) is 0 Å². The summed E-state index contributed by atoms with van der Waals surface area (Å²) in [5, 5.41) is 20.0. The van der Waals surface area contributed by atoms with E-state index in [1.165, 1.54) is 48.8 Å². The summed E-state index contributed by atoms with van der Waals surface area (Å²) in [6, 6.07) is 10.9. The van der Waals surface area contributed by atoms with E-state index in [4.69, 9.17) is 0 Å². The van der Waals surface area contributed by atoms with Gasteiger partial charge >= 0.3 is 7.12 Å². The van der Waals surface area contributed by atoms with Crippen LogP contribution < -0.4 is 0 Å². The van der Waals surface area contributed by atoms with Gasteiger partial charge in [0.25, 0.3) is 0 Å². The van der Waals surface area contributed by atoms with Crippen LogP contribution in [-0.2, 0) is 0 Å². The van der Waals surface area contributed by atoms with E-state index in [9.17, 15) is 10.0 Å². The number of hydrogen-bond donors (Lipinski definition) is 2. The first-order chi connectivity index (χ1) is 15.6. The Kier molecular flexibility index (Phi) is 4.96. The lowest BCUT2D eigenvalue weighted by atomic mass is 9.57.